The maximum atomic E-state index is 11.2. The highest BCUT2D eigenvalue weighted by Gasteiger charge is 2.32. The van der Waals surface area contributed by atoms with Crippen LogP contribution in [0.25, 0.3) is 10.1 Å². The van der Waals surface area contributed by atoms with Gasteiger partial charge in [-0.1, -0.05) is 6.42 Å². The van der Waals surface area contributed by atoms with Gasteiger partial charge < -0.3 is 10.4 Å². The van der Waals surface area contributed by atoms with Crippen molar-refractivity contribution >= 4 is 33.2 Å². The fourth-order valence-corrected chi connectivity index (χ4v) is 3.65. The molecular weight excluding hydrogens is 260 g/mol. The van der Waals surface area contributed by atoms with Crippen LogP contribution in [0.3, 0.4) is 0 Å². The van der Waals surface area contributed by atoms with Gasteiger partial charge in [0.2, 0.25) is 0 Å². The van der Waals surface area contributed by atoms with Crippen molar-refractivity contribution in [2.45, 2.75) is 19.3 Å². The summed E-state index contributed by atoms with van der Waals surface area (Å²) in [6.07, 6.45) is 4.60. The van der Waals surface area contributed by atoms with E-state index in [2.05, 4.69) is 16.4 Å². The van der Waals surface area contributed by atoms with Crippen molar-refractivity contribution in [2.24, 2.45) is 11.8 Å². The Labute approximate surface area is 115 Å². The van der Waals surface area contributed by atoms with E-state index in [1.54, 1.807) is 17.5 Å². The molecule has 0 aromatic carbocycles. The van der Waals surface area contributed by atoms with Crippen molar-refractivity contribution in [3.63, 3.8) is 0 Å². The average Bonchev–Trinajstić information content (AvgIpc) is 3.04. The van der Waals surface area contributed by atoms with Crippen LogP contribution in [0.1, 0.15) is 19.3 Å². The van der Waals surface area contributed by atoms with E-state index in [1.807, 2.05) is 11.4 Å². The standard InChI is InChI=1S/C14H16N2O2S/c17-14(18)10-3-1-2-9(10)8-16-13-11-5-7-19-12(11)4-6-15-13/h4-7,9-10H,1-3,8H2,(H,15,16)(H,17,18). The molecule has 3 rings (SSSR count). The molecular formula is C14H16N2O2S. The van der Waals surface area contributed by atoms with Crippen molar-refractivity contribution in [3.8, 4) is 0 Å². The van der Waals surface area contributed by atoms with Crippen molar-refractivity contribution < 1.29 is 9.90 Å². The number of rotatable bonds is 4. The SMILES string of the molecule is O=C(O)C1CCCC1CNc1nccc2sccc12. The van der Waals surface area contributed by atoms with Crippen molar-refractivity contribution in [1.82, 2.24) is 4.98 Å². The van der Waals surface area contributed by atoms with Gasteiger partial charge in [0.25, 0.3) is 0 Å². The molecule has 0 radical (unpaired) electrons. The topological polar surface area (TPSA) is 62.2 Å². The second-order valence-electron chi connectivity index (χ2n) is 5.01. The smallest absolute Gasteiger partial charge is 0.306 e. The Balaban J connectivity index is 1.72. The fourth-order valence-electron chi connectivity index (χ4n) is 2.87. The molecule has 2 N–H and O–H groups in total. The van der Waals surface area contributed by atoms with Gasteiger partial charge in [0.15, 0.2) is 0 Å². The van der Waals surface area contributed by atoms with Crippen LogP contribution in [0.15, 0.2) is 23.7 Å². The number of pyridine rings is 1. The number of hydrogen-bond acceptors (Lipinski definition) is 4. The van der Waals surface area contributed by atoms with Crippen molar-refractivity contribution in [3.05, 3.63) is 23.7 Å². The van der Waals surface area contributed by atoms with Gasteiger partial charge in [0.05, 0.1) is 5.92 Å². The average molecular weight is 276 g/mol. The molecule has 19 heavy (non-hydrogen) atoms. The Morgan fingerprint density at radius 2 is 2.37 bits per heavy atom. The first-order valence-corrected chi connectivity index (χ1v) is 7.42. The number of aliphatic carboxylic acids is 1. The molecule has 0 amide bonds. The van der Waals surface area contributed by atoms with Crippen LogP contribution >= 0.6 is 11.3 Å². The molecule has 0 bridgehead atoms. The lowest BCUT2D eigenvalue weighted by molar-refractivity contribution is -0.142. The van der Waals surface area contributed by atoms with Gasteiger partial charge in [-0.2, -0.15) is 0 Å². The largest absolute Gasteiger partial charge is 0.481 e. The summed E-state index contributed by atoms with van der Waals surface area (Å²) in [7, 11) is 0. The summed E-state index contributed by atoms with van der Waals surface area (Å²) >= 11 is 1.69. The number of anilines is 1. The summed E-state index contributed by atoms with van der Waals surface area (Å²) in [5, 5.41) is 15.7. The van der Waals surface area contributed by atoms with E-state index in [-0.39, 0.29) is 11.8 Å². The normalized spacial score (nSPS) is 22.7. The van der Waals surface area contributed by atoms with E-state index in [0.717, 1.165) is 30.5 Å². The number of aromatic nitrogens is 1. The molecule has 100 valence electrons. The lowest BCUT2D eigenvalue weighted by Crippen LogP contribution is -2.24. The number of carbonyl (C=O) groups is 1. The number of nitrogens with one attached hydrogen (secondary N) is 1. The third-order valence-corrected chi connectivity index (χ3v) is 4.77. The zero-order chi connectivity index (χ0) is 13.2. The second kappa shape index (κ2) is 5.17. The van der Waals surface area contributed by atoms with Gasteiger partial charge in [-0.25, -0.2) is 4.98 Å². The Morgan fingerprint density at radius 1 is 1.47 bits per heavy atom. The molecule has 2 aromatic heterocycles. The predicted molar refractivity (Wildman–Crippen MR) is 76.6 cm³/mol. The van der Waals surface area contributed by atoms with Crippen LogP contribution in [0.5, 0.6) is 0 Å². The maximum Gasteiger partial charge on any atom is 0.306 e. The number of nitrogens with zero attached hydrogens (tertiary/aromatic N) is 1. The number of carboxylic acid groups (broad SMARTS) is 1. The van der Waals surface area contributed by atoms with E-state index in [9.17, 15) is 9.90 Å². The summed E-state index contributed by atoms with van der Waals surface area (Å²) in [4.78, 5) is 15.5. The summed E-state index contributed by atoms with van der Waals surface area (Å²) in [6.45, 7) is 0.693. The summed E-state index contributed by atoms with van der Waals surface area (Å²) in [5.74, 6) is 0.225. The number of thiophene rings is 1. The van der Waals surface area contributed by atoms with Crippen LogP contribution in [0.4, 0.5) is 5.82 Å². The van der Waals surface area contributed by atoms with Gasteiger partial charge in [-0.15, -0.1) is 11.3 Å². The molecule has 2 atom stereocenters. The van der Waals surface area contributed by atoms with Gasteiger partial charge in [0.1, 0.15) is 5.82 Å². The second-order valence-corrected chi connectivity index (χ2v) is 5.96. The maximum absolute atomic E-state index is 11.2. The van der Waals surface area contributed by atoms with Crippen molar-refractivity contribution in [2.75, 3.05) is 11.9 Å². The zero-order valence-electron chi connectivity index (χ0n) is 10.5. The van der Waals surface area contributed by atoms with Crippen LogP contribution < -0.4 is 5.32 Å². The minimum Gasteiger partial charge on any atom is -0.481 e. The first-order valence-electron chi connectivity index (χ1n) is 6.54. The molecule has 1 fully saturated rings. The first kappa shape index (κ1) is 12.4. The molecule has 0 aliphatic heterocycles. The van der Waals surface area contributed by atoms with Gasteiger partial charge in [-0.3, -0.25) is 4.79 Å². The Bertz CT molecular complexity index is 596. The van der Waals surface area contributed by atoms with Gasteiger partial charge in [-0.05, 0) is 36.3 Å². The lowest BCUT2D eigenvalue weighted by atomic mass is 9.96. The van der Waals surface area contributed by atoms with Gasteiger partial charge >= 0.3 is 5.97 Å². The monoisotopic (exact) mass is 276 g/mol. The Hall–Kier alpha value is -1.62. The Morgan fingerprint density at radius 3 is 3.21 bits per heavy atom. The highest BCUT2D eigenvalue weighted by molar-refractivity contribution is 7.17. The third-order valence-electron chi connectivity index (χ3n) is 3.89. The first-order chi connectivity index (χ1) is 9.25. The lowest BCUT2D eigenvalue weighted by Gasteiger charge is -2.17. The van der Waals surface area contributed by atoms with E-state index in [4.69, 9.17) is 0 Å². The minimum atomic E-state index is -0.661. The van der Waals surface area contributed by atoms with Crippen LogP contribution in [-0.4, -0.2) is 22.6 Å². The fraction of sp³-hybridized carbons (Fsp3) is 0.429. The highest BCUT2D eigenvalue weighted by atomic mass is 32.1. The summed E-state index contributed by atoms with van der Waals surface area (Å²) < 4.78 is 1.21. The van der Waals surface area contributed by atoms with E-state index in [0.29, 0.717) is 6.54 Å². The summed E-state index contributed by atoms with van der Waals surface area (Å²) in [6, 6.07) is 4.06. The molecule has 2 heterocycles. The van der Waals surface area contributed by atoms with E-state index >= 15 is 0 Å². The molecule has 2 unspecified atom stereocenters. The molecule has 0 spiro atoms. The highest BCUT2D eigenvalue weighted by Crippen LogP contribution is 2.33. The number of hydrogen-bond donors (Lipinski definition) is 2. The molecule has 2 aromatic rings. The molecule has 5 heteroatoms. The van der Waals surface area contributed by atoms with E-state index in [1.165, 1.54) is 4.70 Å². The summed E-state index contributed by atoms with van der Waals surface area (Å²) in [5.41, 5.74) is 0. The quantitative estimate of drug-likeness (QED) is 0.900. The van der Waals surface area contributed by atoms with Crippen LogP contribution in [0.2, 0.25) is 0 Å². The zero-order valence-corrected chi connectivity index (χ0v) is 11.3. The molecule has 4 nitrogen and oxygen atoms in total. The number of fused-ring (bicyclic) bond motifs is 1. The third kappa shape index (κ3) is 2.42. The molecule has 1 saturated carbocycles. The molecule has 0 saturated heterocycles. The molecule has 1 aliphatic rings. The minimum absolute atomic E-state index is 0.200. The van der Waals surface area contributed by atoms with Gasteiger partial charge in [0, 0.05) is 22.8 Å². The Kier molecular flexibility index (Phi) is 3.38. The number of carboxylic acids is 1. The van der Waals surface area contributed by atoms with Crippen LogP contribution in [0, 0.1) is 11.8 Å². The molecule has 1 aliphatic carbocycles. The van der Waals surface area contributed by atoms with Crippen molar-refractivity contribution in [1.29, 1.82) is 0 Å². The van der Waals surface area contributed by atoms with E-state index < -0.39 is 5.97 Å². The van der Waals surface area contributed by atoms with Crippen LogP contribution in [-0.2, 0) is 4.79 Å². The predicted octanol–water partition coefficient (Wildman–Crippen LogP) is 3.21.